The molecule has 1 aliphatic rings. The van der Waals surface area contributed by atoms with Crippen molar-refractivity contribution in [3.05, 3.63) is 16.2 Å². The van der Waals surface area contributed by atoms with Crippen LogP contribution in [-0.4, -0.2) is 35.6 Å². The van der Waals surface area contributed by atoms with Crippen molar-refractivity contribution in [3.8, 4) is 0 Å². The van der Waals surface area contributed by atoms with E-state index in [4.69, 9.17) is 16.3 Å². The molecule has 7 heteroatoms. The minimum absolute atomic E-state index is 0.0998. The third-order valence-corrected chi connectivity index (χ3v) is 4.92. The van der Waals surface area contributed by atoms with E-state index in [1.807, 2.05) is 13.8 Å². The maximum absolute atomic E-state index is 12.0. The number of fused-ring (bicyclic) bond motifs is 1. The van der Waals surface area contributed by atoms with E-state index >= 15 is 0 Å². The number of aromatic nitrogens is 2. The van der Waals surface area contributed by atoms with Crippen molar-refractivity contribution in [2.45, 2.75) is 26.7 Å². The van der Waals surface area contributed by atoms with E-state index in [1.54, 1.807) is 11.3 Å². The fourth-order valence-corrected chi connectivity index (χ4v) is 3.95. The summed E-state index contributed by atoms with van der Waals surface area (Å²) in [5.41, 5.74) is 0. The number of carbonyl (C=O) groups excluding carboxylic acids is 1. The van der Waals surface area contributed by atoms with Crippen molar-refractivity contribution in [1.82, 2.24) is 9.97 Å². The highest BCUT2D eigenvalue weighted by Crippen LogP contribution is 2.33. The Morgan fingerprint density at radius 1 is 1.55 bits per heavy atom. The van der Waals surface area contributed by atoms with Crippen LogP contribution in [0, 0.1) is 12.8 Å². The molecule has 0 bridgehead atoms. The van der Waals surface area contributed by atoms with Gasteiger partial charge >= 0.3 is 5.97 Å². The molecule has 3 heterocycles. The molecule has 0 amide bonds. The summed E-state index contributed by atoms with van der Waals surface area (Å²) in [5.74, 6) is 0.607. The van der Waals surface area contributed by atoms with Crippen LogP contribution < -0.4 is 4.90 Å². The number of esters is 1. The lowest BCUT2D eigenvalue weighted by Gasteiger charge is -2.32. The van der Waals surface area contributed by atoms with Crippen LogP contribution in [0.5, 0.6) is 0 Å². The molecule has 1 atom stereocenters. The predicted octanol–water partition coefficient (Wildman–Crippen LogP) is 3.43. The lowest BCUT2D eigenvalue weighted by molar-refractivity contribution is -0.148. The summed E-state index contributed by atoms with van der Waals surface area (Å²) < 4.78 is 5.16. The highest BCUT2D eigenvalue weighted by atomic mass is 35.5. The summed E-state index contributed by atoms with van der Waals surface area (Å²) >= 11 is 7.67. The van der Waals surface area contributed by atoms with Crippen LogP contribution in [0.2, 0.25) is 5.28 Å². The van der Waals surface area contributed by atoms with Gasteiger partial charge in [0, 0.05) is 18.0 Å². The van der Waals surface area contributed by atoms with E-state index in [1.165, 1.54) is 4.88 Å². The molecule has 2 aromatic heterocycles. The van der Waals surface area contributed by atoms with Crippen LogP contribution in [0.25, 0.3) is 10.2 Å². The first-order valence-corrected chi connectivity index (χ1v) is 8.63. The second-order valence-corrected chi connectivity index (χ2v) is 7.00. The minimum Gasteiger partial charge on any atom is -0.466 e. The Hall–Kier alpha value is -1.40. The third-order valence-electron chi connectivity index (χ3n) is 3.81. The molecule has 0 aliphatic carbocycles. The molecule has 1 saturated heterocycles. The van der Waals surface area contributed by atoms with Gasteiger partial charge in [0.05, 0.1) is 17.9 Å². The van der Waals surface area contributed by atoms with Gasteiger partial charge in [0.25, 0.3) is 0 Å². The number of hydrogen-bond donors (Lipinski definition) is 0. The van der Waals surface area contributed by atoms with E-state index in [0.717, 1.165) is 35.4 Å². The summed E-state index contributed by atoms with van der Waals surface area (Å²) in [5, 5.41) is 1.26. The van der Waals surface area contributed by atoms with Crippen molar-refractivity contribution >= 4 is 44.9 Å². The number of ether oxygens (including phenoxy) is 1. The number of rotatable bonds is 3. The van der Waals surface area contributed by atoms with Gasteiger partial charge in [-0.2, -0.15) is 4.98 Å². The van der Waals surface area contributed by atoms with E-state index in [0.29, 0.717) is 13.2 Å². The van der Waals surface area contributed by atoms with Gasteiger partial charge in [-0.1, -0.05) is 0 Å². The lowest BCUT2D eigenvalue weighted by atomic mass is 9.98. The molecule has 1 fully saturated rings. The molecule has 22 heavy (non-hydrogen) atoms. The molecule has 0 N–H and O–H groups in total. The van der Waals surface area contributed by atoms with Crippen LogP contribution in [0.3, 0.4) is 0 Å². The zero-order chi connectivity index (χ0) is 15.7. The molecule has 1 aliphatic heterocycles. The summed E-state index contributed by atoms with van der Waals surface area (Å²) in [6, 6.07) is 2.08. The maximum atomic E-state index is 12.0. The van der Waals surface area contributed by atoms with E-state index in [-0.39, 0.29) is 17.2 Å². The fraction of sp³-hybridized carbons (Fsp3) is 0.533. The Morgan fingerprint density at radius 2 is 2.36 bits per heavy atom. The second kappa shape index (κ2) is 6.38. The first-order chi connectivity index (χ1) is 10.6. The fourth-order valence-electron chi connectivity index (χ4n) is 2.86. The topological polar surface area (TPSA) is 55.3 Å². The van der Waals surface area contributed by atoms with Gasteiger partial charge in [-0.05, 0) is 44.4 Å². The van der Waals surface area contributed by atoms with Gasteiger partial charge in [0.1, 0.15) is 10.6 Å². The lowest BCUT2D eigenvalue weighted by Crippen LogP contribution is -2.40. The van der Waals surface area contributed by atoms with Gasteiger partial charge in [0.15, 0.2) is 0 Å². The van der Waals surface area contributed by atoms with E-state index in [9.17, 15) is 4.79 Å². The number of carbonyl (C=O) groups is 1. The molecule has 2 aromatic rings. The average molecular weight is 340 g/mol. The number of halogens is 1. The zero-order valence-electron chi connectivity index (χ0n) is 12.6. The number of aryl methyl sites for hydroxylation is 1. The monoisotopic (exact) mass is 339 g/mol. The van der Waals surface area contributed by atoms with Crippen molar-refractivity contribution in [1.29, 1.82) is 0 Å². The van der Waals surface area contributed by atoms with Crippen LogP contribution in [-0.2, 0) is 9.53 Å². The summed E-state index contributed by atoms with van der Waals surface area (Å²) in [6.45, 7) is 5.79. The highest BCUT2D eigenvalue weighted by Gasteiger charge is 2.29. The SMILES string of the molecule is CCOC(=O)C1CCCN(c2nc(Cl)nc3sc(C)cc23)C1. The number of piperidine rings is 1. The Labute approximate surface area is 138 Å². The number of nitrogens with zero attached hydrogens (tertiary/aromatic N) is 3. The summed E-state index contributed by atoms with van der Waals surface area (Å²) in [4.78, 5) is 24.9. The minimum atomic E-state index is -0.120. The van der Waals surface area contributed by atoms with Crippen LogP contribution in [0.1, 0.15) is 24.6 Å². The van der Waals surface area contributed by atoms with Crippen molar-refractivity contribution in [3.63, 3.8) is 0 Å². The Kier molecular flexibility index (Phi) is 4.49. The van der Waals surface area contributed by atoms with Crippen LogP contribution >= 0.6 is 22.9 Å². The predicted molar refractivity (Wildman–Crippen MR) is 88.7 cm³/mol. The third kappa shape index (κ3) is 3.03. The number of hydrogen-bond acceptors (Lipinski definition) is 6. The summed E-state index contributed by atoms with van der Waals surface area (Å²) in [7, 11) is 0. The quantitative estimate of drug-likeness (QED) is 0.633. The summed E-state index contributed by atoms with van der Waals surface area (Å²) in [6.07, 6.45) is 1.80. The number of anilines is 1. The molecule has 0 radical (unpaired) electrons. The highest BCUT2D eigenvalue weighted by molar-refractivity contribution is 7.18. The van der Waals surface area contributed by atoms with E-state index < -0.39 is 0 Å². The second-order valence-electron chi connectivity index (χ2n) is 5.43. The number of thiophene rings is 1. The average Bonchev–Trinajstić information content (AvgIpc) is 2.86. The smallest absolute Gasteiger partial charge is 0.310 e. The standard InChI is InChI=1S/C15H18ClN3O2S/c1-3-21-14(20)10-5-4-6-19(8-10)12-11-7-9(2)22-13(11)18-15(16)17-12/h7,10H,3-6,8H2,1-2H3. The first kappa shape index (κ1) is 15.5. The normalized spacial score (nSPS) is 18.7. The van der Waals surface area contributed by atoms with Gasteiger partial charge < -0.3 is 9.64 Å². The Balaban J connectivity index is 1.91. The van der Waals surface area contributed by atoms with Crippen LogP contribution in [0.4, 0.5) is 5.82 Å². The van der Waals surface area contributed by atoms with Crippen molar-refractivity contribution < 1.29 is 9.53 Å². The molecule has 0 spiro atoms. The first-order valence-electron chi connectivity index (χ1n) is 7.43. The molecular formula is C15H18ClN3O2S. The van der Waals surface area contributed by atoms with Gasteiger partial charge in [-0.25, -0.2) is 4.98 Å². The molecule has 3 rings (SSSR count). The maximum Gasteiger partial charge on any atom is 0.310 e. The van der Waals surface area contributed by atoms with Gasteiger partial charge in [-0.3, -0.25) is 4.79 Å². The molecule has 0 saturated carbocycles. The zero-order valence-corrected chi connectivity index (χ0v) is 14.2. The Bertz CT molecular complexity index is 703. The molecular weight excluding hydrogens is 322 g/mol. The molecule has 0 aromatic carbocycles. The van der Waals surface area contributed by atoms with E-state index in [2.05, 4.69) is 20.9 Å². The molecule has 118 valence electrons. The van der Waals surface area contributed by atoms with Gasteiger partial charge in [-0.15, -0.1) is 11.3 Å². The molecule has 5 nitrogen and oxygen atoms in total. The van der Waals surface area contributed by atoms with Gasteiger partial charge in [0.2, 0.25) is 5.28 Å². The molecule has 1 unspecified atom stereocenters. The largest absolute Gasteiger partial charge is 0.466 e. The van der Waals surface area contributed by atoms with Crippen LogP contribution in [0.15, 0.2) is 6.07 Å². The Morgan fingerprint density at radius 3 is 3.14 bits per heavy atom. The van der Waals surface area contributed by atoms with Crippen molar-refractivity contribution in [2.24, 2.45) is 5.92 Å². The van der Waals surface area contributed by atoms with Crippen molar-refractivity contribution in [2.75, 3.05) is 24.6 Å².